The smallest absolute Gasteiger partial charge is 0.157 e. The van der Waals surface area contributed by atoms with Gasteiger partial charge < -0.3 is 0 Å². The molecule has 0 amide bonds. The van der Waals surface area contributed by atoms with Crippen LogP contribution in [-0.4, -0.2) is 15.6 Å². The second-order valence-electron chi connectivity index (χ2n) is 12.3. The molecule has 1 aromatic heterocycles. The van der Waals surface area contributed by atoms with Gasteiger partial charge in [-0.3, -0.25) is 9.48 Å². The lowest BCUT2D eigenvalue weighted by atomic mass is 9.42. The number of hydrogen-bond acceptors (Lipinski definition) is 3. The Labute approximate surface area is 187 Å². The standard InChI is InChI=1S/C27H39N3O/c1-17-7-9-26(3)20(11-17)12-18(2)25-22-6-5-21(27(22,4)10-8-23(25)26)24(31)16-30-15-19(13-28)14-29-30/h14-15,17-18,20-23,25H,5-12,16H2,1-4H3. The molecule has 31 heavy (non-hydrogen) atoms. The van der Waals surface area contributed by atoms with Gasteiger partial charge in [0.1, 0.15) is 6.07 Å². The second kappa shape index (κ2) is 7.46. The van der Waals surface area contributed by atoms with Crippen LogP contribution < -0.4 is 0 Å². The van der Waals surface area contributed by atoms with E-state index in [2.05, 4.69) is 38.9 Å². The largest absolute Gasteiger partial charge is 0.297 e. The van der Waals surface area contributed by atoms with Crippen LogP contribution >= 0.6 is 0 Å². The molecule has 0 aromatic carbocycles. The van der Waals surface area contributed by atoms with E-state index in [0.717, 1.165) is 36.0 Å². The van der Waals surface area contributed by atoms with E-state index < -0.39 is 0 Å². The number of nitrogens with zero attached hydrogens (tertiary/aromatic N) is 3. The summed E-state index contributed by atoms with van der Waals surface area (Å²) >= 11 is 0. The van der Waals surface area contributed by atoms with E-state index in [1.165, 1.54) is 44.9 Å². The molecule has 4 nitrogen and oxygen atoms in total. The van der Waals surface area contributed by atoms with Gasteiger partial charge in [0.2, 0.25) is 0 Å². The molecular weight excluding hydrogens is 382 g/mol. The first-order valence-corrected chi connectivity index (χ1v) is 12.7. The van der Waals surface area contributed by atoms with Gasteiger partial charge >= 0.3 is 0 Å². The molecule has 0 bridgehead atoms. The first-order chi connectivity index (χ1) is 14.8. The molecule has 1 aromatic rings. The zero-order valence-corrected chi connectivity index (χ0v) is 19.8. The molecule has 4 fully saturated rings. The fourth-order valence-corrected chi connectivity index (χ4v) is 9.16. The highest BCUT2D eigenvalue weighted by Crippen LogP contribution is 2.69. The van der Waals surface area contributed by atoms with Crippen molar-refractivity contribution in [1.29, 1.82) is 5.26 Å². The Morgan fingerprint density at radius 3 is 2.61 bits per heavy atom. The normalized spacial score (nSPS) is 46.5. The van der Waals surface area contributed by atoms with Crippen LogP contribution in [0.5, 0.6) is 0 Å². The van der Waals surface area contributed by atoms with E-state index in [9.17, 15) is 4.79 Å². The van der Waals surface area contributed by atoms with Crippen LogP contribution in [0.25, 0.3) is 0 Å². The van der Waals surface area contributed by atoms with Crippen molar-refractivity contribution in [3.8, 4) is 6.07 Å². The van der Waals surface area contributed by atoms with E-state index in [0.29, 0.717) is 29.2 Å². The molecule has 4 heteroatoms. The van der Waals surface area contributed by atoms with E-state index in [-0.39, 0.29) is 11.3 Å². The molecule has 5 rings (SSSR count). The molecule has 0 saturated heterocycles. The summed E-state index contributed by atoms with van der Waals surface area (Å²) in [5.74, 6) is 5.41. The van der Waals surface area contributed by atoms with Crippen LogP contribution in [-0.2, 0) is 11.3 Å². The summed E-state index contributed by atoms with van der Waals surface area (Å²) in [5.41, 5.74) is 1.20. The lowest BCUT2D eigenvalue weighted by Gasteiger charge is -2.63. The van der Waals surface area contributed by atoms with Crippen molar-refractivity contribution in [2.75, 3.05) is 0 Å². The van der Waals surface area contributed by atoms with Crippen molar-refractivity contribution in [3.05, 3.63) is 18.0 Å². The number of fused-ring (bicyclic) bond motifs is 5. The van der Waals surface area contributed by atoms with E-state index >= 15 is 0 Å². The van der Waals surface area contributed by atoms with Crippen LogP contribution in [0, 0.1) is 63.6 Å². The molecular formula is C27H39N3O. The predicted molar refractivity (Wildman–Crippen MR) is 121 cm³/mol. The quantitative estimate of drug-likeness (QED) is 0.614. The summed E-state index contributed by atoms with van der Waals surface area (Å²) in [5, 5.41) is 13.3. The summed E-state index contributed by atoms with van der Waals surface area (Å²) < 4.78 is 1.67. The number of carbonyl (C=O) groups excluding carboxylic acids is 1. The summed E-state index contributed by atoms with van der Waals surface area (Å²) in [6.45, 7) is 10.4. The summed E-state index contributed by atoms with van der Waals surface area (Å²) in [4.78, 5) is 13.4. The number of rotatable bonds is 3. The highest BCUT2D eigenvalue weighted by molar-refractivity contribution is 5.82. The van der Waals surface area contributed by atoms with Crippen LogP contribution in [0.3, 0.4) is 0 Å². The summed E-state index contributed by atoms with van der Waals surface area (Å²) in [7, 11) is 0. The minimum absolute atomic E-state index is 0.142. The third-order valence-electron chi connectivity index (χ3n) is 10.8. The number of carbonyl (C=O) groups is 1. The lowest BCUT2D eigenvalue weighted by molar-refractivity contribution is -0.148. The first-order valence-electron chi connectivity index (χ1n) is 12.7. The second-order valence-corrected chi connectivity index (χ2v) is 12.3. The summed E-state index contributed by atoms with van der Waals surface area (Å²) in [6.07, 6.45) is 13.7. The number of ketones is 1. The van der Waals surface area contributed by atoms with Crippen molar-refractivity contribution in [2.45, 2.75) is 85.6 Å². The minimum atomic E-state index is 0.142. The maximum absolute atomic E-state index is 13.4. The van der Waals surface area contributed by atoms with Crippen LogP contribution in [0.2, 0.25) is 0 Å². The van der Waals surface area contributed by atoms with E-state index in [1.54, 1.807) is 17.1 Å². The molecule has 9 unspecified atom stereocenters. The molecule has 4 aliphatic rings. The lowest BCUT2D eigenvalue weighted by Crippen LogP contribution is -2.56. The molecule has 4 aliphatic carbocycles. The Kier molecular flexibility index (Phi) is 5.11. The Hall–Kier alpha value is -1.63. The average Bonchev–Trinajstić information content (AvgIpc) is 3.32. The Bertz CT molecular complexity index is 899. The SMILES string of the molecule is CC1CCC2(C)C(C1)CC(C)C1C2CCC2(C)C(C(=O)Cn3cc(C#N)cn3)CCC12. The molecule has 1 heterocycles. The fraction of sp³-hybridized carbons (Fsp3) is 0.815. The number of hydrogen-bond donors (Lipinski definition) is 0. The first kappa shape index (κ1) is 21.2. The number of nitriles is 1. The van der Waals surface area contributed by atoms with Crippen molar-refractivity contribution in [1.82, 2.24) is 9.78 Å². The van der Waals surface area contributed by atoms with Gasteiger partial charge in [0, 0.05) is 12.1 Å². The molecule has 0 radical (unpaired) electrons. The zero-order valence-electron chi connectivity index (χ0n) is 19.8. The minimum Gasteiger partial charge on any atom is -0.297 e. The molecule has 4 saturated carbocycles. The Morgan fingerprint density at radius 2 is 1.87 bits per heavy atom. The topological polar surface area (TPSA) is 58.7 Å². The summed E-state index contributed by atoms with van der Waals surface area (Å²) in [6, 6.07) is 2.11. The van der Waals surface area contributed by atoms with Gasteiger partial charge in [-0.05, 0) is 91.3 Å². The van der Waals surface area contributed by atoms with E-state index in [1.807, 2.05) is 0 Å². The van der Waals surface area contributed by atoms with Gasteiger partial charge in [0.25, 0.3) is 0 Å². The van der Waals surface area contributed by atoms with Gasteiger partial charge in [0.15, 0.2) is 5.78 Å². The van der Waals surface area contributed by atoms with Gasteiger partial charge in [-0.1, -0.05) is 34.1 Å². The van der Waals surface area contributed by atoms with Crippen molar-refractivity contribution in [3.63, 3.8) is 0 Å². The number of aromatic nitrogens is 2. The highest BCUT2D eigenvalue weighted by Gasteiger charge is 2.62. The van der Waals surface area contributed by atoms with Gasteiger partial charge in [0.05, 0.1) is 18.3 Å². The maximum atomic E-state index is 13.4. The number of Topliss-reactive ketones (excluding diaryl/α,β-unsaturated/α-hetero) is 1. The molecule has 168 valence electrons. The van der Waals surface area contributed by atoms with Crippen molar-refractivity contribution in [2.24, 2.45) is 52.3 Å². The third kappa shape index (κ3) is 3.21. The van der Waals surface area contributed by atoms with Crippen LogP contribution in [0.1, 0.15) is 84.6 Å². The maximum Gasteiger partial charge on any atom is 0.157 e. The Morgan fingerprint density at radius 1 is 1.13 bits per heavy atom. The molecule has 0 spiro atoms. The third-order valence-corrected chi connectivity index (χ3v) is 10.8. The molecule has 0 N–H and O–H groups in total. The van der Waals surface area contributed by atoms with Crippen LogP contribution in [0.15, 0.2) is 12.4 Å². The zero-order chi connectivity index (χ0) is 22.0. The Balaban J connectivity index is 1.37. The highest BCUT2D eigenvalue weighted by atomic mass is 16.1. The van der Waals surface area contributed by atoms with Crippen molar-refractivity contribution < 1.29 is 4.79 Å². The van der Waals surface area contributed by atoms with Crippen molar-refractivity contribution >= 4 is 5.78 Å². The van der Waals surface area contributed by atoms with E-state index in [4.69, 9.17) is 5.26 Å². The molecule has 9 atom stereocenters. The van der Waals surface area contributed by atoms with Gasteiger partial charge in [-0.2, -0.15) is 10.4 Å². The fourth-order valence-electron chi connectivity index (χ4n) is 9.16. The van der Waals surface area contributed by atoms with Gasteiger partial charge in [-0.25, -0.2) is 0 Å². The predicted octanol–water partition coefficient (Wildman–Crippen LogP) is 5.86. The monoisotopic (exact) mass is 421 g/mol. The van der Waals surface area contributed by atoms with Gasteiger partial charge in [-0.15, -0.1) is 0 Å². The molecule has 0 aliphatic heterocycles. The average molecular weight is 422 g/mol. The van der Waals surface area contributed by atoms with Crippen LogP contribution in [0.4, 0.5) is 0 Å².